The second-order valence-electron chi connectivity index (χ2n) is 5.68. The van der Waals surface area contributed by atoms with Crippen LogP contribution in [0, 0.1) is 11.3 Å². The highest BCUT2D eigenvalue weighted by Gasteiger charge is 2.18. The standard InChI is InChI=1S/C17H19N5O/c18-9-14-15(21-17(20)22-16(14)19)13-8-4-1-5-11(13)10-23-12-6-2-3-7-12/h1,4-5,8,12H,2-3,6-7,10H2,(H4,19,20,21,22). The zero-order valence-corrected chi connectivity index (χ0v) is 12.8. The third-order valence-corrected chi connectivity index (χ3v) is 4.12. The average molecular weight is 309 g/mol. The van der Waals surface area contributed by atoms with E-state index < -0.39 is 0 Å². The number of nitrogens with zero attached hydrogens (tertiary/aromatic N) is 3. The molecular formula is C17H19N5O. The highest BCUT2D eigenvalue weighted by atomic mass is 16.5. The fraction of sp³-hybridized carbons (Fsp3) is 0.353. The fourth-order valence-corrected chi connectivity index (χ4v) is 2.94. The summed E-state index contributed by atoms with van der Waals surface area (Å²) in [6.45, 7) is 0.482. The SMILES string of the molecule is N#Cc1c(N)nc(N)nc1-c1ccccc1COC1CCCC1. The van der Waals surface area contributed by atoms with Gasteiger partial charge in [0.1, 0.15) is 17.5 Å². The number of ether oxygens (including phenoxy) is 1. The summed E-state index contributed by atoms with van der Waals surface area (Å²) in [4.78, 5) is 8.08. The Bertz CT molecular complexity index is 747. The average Bonchev–Trinajstić information content (AvgIpc) is 3.06. The van der Waals surface area contributed by atoms with Crippen molar-refractivity contribution in [1.29, 1.82) is 5.26 Å². The topological polar surface area (TPSA) is 111 Å². The number of hydrogen-bond donors (Lipinski definition) is 2. The maximum Gasteiger partial charge on any atom is 0.222 e. The van der Waals surface area contributed by atoms with Crippen LogP contribution in [0.15, 0.2) is 24.3 Å². The van der Waals surface area contributed by atoms with E-state index in [2.05, 4.69) is 16.0 Å². The number of hydrogen-bond acceptors (Lipinski definition) is 6. The van der Waals surface area contributed by atoms with Crippen LogP contribution in [0.25, 0.3) is 11.3 Å². The summed E-state index contributed by atoms with van der Waals surface area (Å²) in [7, 11) is 0. The van der Waals surface area contributed by atoms with E-state index in [1.807, 2.05) is 24.3 Å². The summed E-state index contributed by atoms with van der Waals surface area (Å²) in [6, 6.07) is 9.77. The van der Waals surface area contributed by atoms with Gasteiger partial charge in [0.15, 0.2) is 0 Å². The molecule has 1 aliphatic carbocycles. The first kappa shape index (κ1) is 15.3. The Kier molecular flexibility index (Phi) is 4.40. The van der Waals surface area contributed by atoms with Crippen molar-refractivity contribution >= 4 is 11.8 Å². The van der Waals surface area contributed by atoms with Crippen LogP contribution in [0.4, 0.5) is 11.8 Å². The highest BCUT2D eigenvalue weighted by Crippen LogP contribution is 2.30. The Balaban J connectivity index is 1.95. The number of nitriles is 1. The Hall–Kier alpha value is -2.65. The van der Waals surface area contributed by atoms with E-state index in [0.717, 1.165) is 24.0 Å². The van der Waals surface area contributed by atoms with E-state index in [1.165, 1.54) is 12.8 Å². The monoisotopic (exact) mass is 309 g/mol. The van der Waals surface area contributed by atoms with E-state index in [0.29, 0.717) is 18.4 Å². The number of anilines is 2. The first-order valence-electron chi connectivity index (χ1n) is 7.72. The van der Waals surface area contributed by atoms with Gasteiger partial charge in [-0.1, -0.05) is 37.1 Å². The molecule has 0 radical (unpaired) electrons. The Morgan fingerprint density at radius 3 is 2.65 bits per heavy atom. The van der Waals surface area contributed by atoms with Crippen LogP contribution in [0.5, 0.6) is 0 Å². The number of aromatic nitrogens is 2. The molecule has 1 saturated carbocycles. The molecular weight excluding hydrogens is 290 g/mol. The van der Waals surface area contributed by atoms with Crippen molar-refractivity contribution in [3.05, 3.63) is 35.4 Å². The number of nitrogen functional groups attached to an aromatic ring is 2. The molecule has 1 aliphatic rings. The second kappa shape index (κ2) is 6.63. The van der Waals surface area contributed by atoms with Gasteiger partial charge in [-0.2, -0.15) is 10.2 Å². The summed E-state index contributed by atoms with van der Waals surface area (Å²) in [5.74, 6) is 0.157. The maximum atomic E-state index is 9.36. The van der Waals surface area contributed by atoms with E-state index in [-0.39, 0.29) is 17.3 Å². The van der Waals surface area contributed by atoms with Crippen LogP contribution < -0.4 is 11.5 Å². The molecule has 0 amide bonds. The lowest BCUT2D eigenvalue weighted by Crippen LogP contribution is -2.09. The molecule has 1 fully saturated rings. The van der Waals surface area contributed by atoms with E-state index in [4.69, 9.17) is 16.2 Å². The first-order valence-corrected chi connectivity index (χ1v) is 7.72. The van der Waals surface area contributed by atoms with Crippen molar-refractivity contribution in [1.82, 2.24) is 9.97 Å². The number of nitrogens with two attached hydrogens (primary N) is 2. The summed E-state index contributed by atoms with van der Waals surface area (Å²) >= 11 is 0. The summed E-state index contributed by atoms with van der Waals surface area (Å²) in [5.41, 5.74) is 14.0. The van der Waals surface area contributed by atoms with Crippen LogP contribution in [0.3, 0.4) is 0 Å². The molecule has 6 heteroatoms. The van der Waals surface area contributed by atoms with Gasteiger partial charge < -0.3 is 16.2 Å². The molecule has 6 nitrogen and oxygen atoms in total. The van der Waals surface area contributed by atoms with Crippen molar-refractivity contribution in [3.8, 4) is 17.3 Å². The third-order valence-electron chi connectivity index (χ3n) is 4.12. The van der Waals surface area contributed by atoms with Crippen molar-refractivity contribution in [3.63, 3.8) is 0 Å². The third kappa shape index (κ3) is 3.25. The van der Waals surface area contributed by atoms with Crippen molar-refractivity contribution < 1.29 is 4.74 Å². The van der Waals surface area contributed by atoms with Crippen molar-refractivity contribution in [2.24, 2.45) is 0 Å². The predicted octanol–water partition coefficient (Wildman–Crippen LogP) is 2.64. The van der Waals surface area contributed by atoms with Gasteiger partial charge in [-0.05, 0) is 18.4 Å². The highest BCUT2D eigenvalue weighted by molar-refractivity contribution is 5.75. The summed E-state index contributed by atoms with van der Waals surface area (Å²) in [6.07, 6.45) is 4.99. The molecule has 2 aromatic rings. The van der Waals surface area contributed by atoms with Gasteiger partial charge >= 0.3 is 0 Å². The molecule has 0 unspecified atom stereocenters. The molecule has 118 valence electrons. The van der Waals surface area contributed by atoms with Crippen LogP contribution in [0.1, 0.15) is 36.8 Å². The zero-order chi connectivity index (χ0) is 16.2. The predicted molar refractivity (Wildman–Crippen MR) is 88.1 cm³/mol. The van der Waals surface area contributed by atoms with Crippen LogP contribution >= 0.6 is 0 Å². The van der Waals surface area contributed by atoms with Gasteiger partial charge in [-0.15, -0.1) is 0 Å². The van der Waals surface area contributed by atoms with Crippen LogP contribution in [0.2, 0.25) is 0 Å². The van der Waals surface area contributed by atoms with E-state index in [1.54, 1.807) is 0 Å². The lowest BCUT2D eigenvalue weighted by molar-refractivity contribution is 0.0459. The minimum absolute atomic E-state index is 0.0583. The molecule has 1 aromatic heterocycles. The van der Waals surface area contributed by atoms with Crippen molar-refractivity contribution in [2.75, 3.05) is 11.5 Å². The van der Waals surface area contributed by atoms with Crippen LogP contribution in [-0.2, 0) is 11.3 Å². The van der Waals surface area contributed by atoms with Gasteiger partial charge in [-0.3, -0.25) is 0 Å². The lowest BCUT2D eigenvalue weighted by atomic mass is 10.0. The molecule has 0 saturated heterocycles. The minimum Gasteiger partial charge on any atom is -0.382 e. The molecule has 23 heavy (non-hydrogen) atoms. The Labute approximate surface area is 135 Å². The summed E-state index contributed by atoms with van der Waals surface area (Å²) < 4.78 is 6.00. The maximum absolute atomic E-state index is 9.36. The minimum atomic E-state index is 0.0583. The largest absolute Gasteiger partial charge is 0.382 e. The number of rotatable bonds is 4. The summed E-state index contributed by atoms with van der Waals surface area (Å²) in [5, 5.41) is 9.36. The van der Waals surface area contributed by atoms with E-state index >= 15 is 0 Å². The fourth-order valence-electron chi connectivity index (χ4n) is 2.94. The molecule has 0 aliphatic heterocycles. The first-order chi connectivity index (χ1) is 11.2. The number of benzene rings is 1. The van der Waals surface area contributed by atoms with E-state index in [9.17, 15) is 5.26 Å². The van der Waals surface area contributed by atoms with Crippen molar-refractivity contribution in [2.45, 2.75) is 38.4 Å². The molecule has 0 atom stereocenters. The quantitative estimate of drug-likeness (QED) is 0.898. The smallest absolute Gasteiger partial charge is 0.222 e. The Morgan fingerprint density at radius 2 is 1.91 bits per heavy atom. The Morgan fingerprint density at radius 1 is 1.17 bits per heavy atom. The second-order valence-corrected chi connectivity index (χ2v) is 5.68. The van der Waals surface area contributed by atoms with Crippen LogP contribution in [-0.4, -0.2) is 16.1 Å². The normalized spacial score (nSPS) is 14.7. The molecule has 1 aromatic carbocycles. The molecule has 1 heterocycles. The van der Waals surface area contributed by atoms with Gasteiger partial charge in [0.05, 0.1) is 18.4 Å². The molecule has 4 N–H and O–H groups in total. The molecule has 0 spiro atoms. The van der Waals surface area contributed by atoms with Gasteiger partial charge in [0.25, 0.3) is 0 Å². The van der Waals surface area contributed by atoms with Gasteiger partial charge in [0.2, 0.25) is 5.95 Å². The van der Waals surface area contributed by atoms with Gasteiger partial charge in [-0.25, -0.2) is 4.98 Å². The molecule has 3 rings (SSSR count). The lowest BCUT2D eigenvalue weighted by Gasteiger charge is -2.15. The zero-order valence-electron chi connectivity index (χ0n) is 12.8. The van der Waals surface area contributed by atoms with Gasteiger partial charge in [0, 0.05) is 5.56 Å². The molecule has 0 bridgehead atoms.